The molecule has 0 saturated heterocycles. The highest BCUT2D eigenvalue weighted by Crippen LogP contribution is 2.31. The molecule has 6 heteroatoms. The van der Waals surface area contributed by atoms with Crippen molar-refractivity contribution in [2.75, 3.05) is 25.8 Å². The van der Waals surface area contributed by atoms with E-state index in [1.165, 1.54) is 0 Å². The van der Waals surface area contributed by atoms with Crippen molar-refractivity contribution < 1.29 is 9.47 Å². The molecule has 0 amide bonds. The van der Waals surface area contributed by atoms with E-state index in [2.05, 4.69) is 17.3 Å². The minimum absolute atomic E-state index is 0.432. The first-order chi connectivity index (χ1) is 9.21. The Morgan fingerprint density at radius 3 is 2.89 bits per heavy atom. The summed E-state index contributed by atoms with van der Waals surface area (Å²) in [5.74, 6) is 0.746. The first-order valence-electron chi connectivity index (χ1n) is 6.21. The van der Waals surface area contributed by atoms with Crippen molar-refractivity contribution in [2.45, 2.75) is 19.7 Å². The number of benzene rings is 1. The predicted molar refractivity (Wildman–Crippen MR) is 77.0 cm³/mol. The number of fused-ring (bicyclic) bond motifs is 1. The SMILES string of the molecule is CCCOC1N=C(Cl)c2cc(OC)ccc2N1NC. The highest BCUT2D eigenvalue weighted by molar-refractivity contribution is 6.70. The second kappa shape index (κ2) is 6.23. The summed E-state index contributed by atoms with van der Waals surface area (Å²) in [6, 6.07) is 5.68. The Kier molecular flexibility index (Phi) is 4.63. The van der Waals surface area contributed by atoms with Crippen LogP contribution in [0.15, 0.2) is 23.2 Å². The lowest BCUT2D eigenvalue weighted by molar-refractivity contribution is 0.0507. The van der Waals surface area contributed by atoms with E-state index in [1.807, 2.05) is 30.3 Å². The van der Waals surface area contributed by atoms with Crippen LogP contribution in [0, 0.1) is 0 Å². The molecule has 5 nitrogen and oxygen atoms in total. The number of nitrogens with zero attached hydrogens (tertiary/aromatic N) is 2. The maximum absolute atomic E-state index is 6.23. The van der Waals surface area contributed by atoms with Crippen molar-refractivity contribution in [1.82, 2.24) is 5.43 Å². The number of ether oxygens (including phenoxy) is 2. The summed E-state index contributed by atoms with van der Waals surface area (Å²) in [7, 11) is 3.45. The third kappa shape index (κ3) is 2.83. The second-order valence-corrected chi connectivity index (χ2v) is 4.45. The zero-order chi connectivity index (χ0) is 13.8. The van der Waals surface area contributed by atoms with Crippen molar-refractivity contribution in [3.05, 3.63) is 23.8 Å². The Morgan fingerprint density at radius 2 is 2.26 bits per heavy atom. The van der Waals surface area contributed by atoms with Gasteiger partial charge >= 0.3 is 0 Å². The van der Waals surface area contributed by atoms with Gasteiger partial charge in [-0.25, -0.2) is 10.4 Å². The molecule has 1 atom stereocenters. The molecule has 1 unspecified atom stereocenters. The third-order valence-electron chi connectivity index (χ3n) is 2.84. The van der Waals surface area contributed by atoms with E-state index >= 15 is 0 Å². The Bertz CT molecular complexity index is 479. The molecule has 0 saturated carbocycles. The third-order valence-corrected chi connectivity index (χ3v) is 3.14. The predicted octanol–water partition coefficient (Wildman–Crippen LogP) is 2.35. The molecule has 104 valence electrons. The minimum Gasteiger partial charge on any atom is -0.497 e. The number of hydrogen-bond donors (Lipinski definition) is 1. The lowest BCUT2D eigenvalue weighted by atomic mass is 10.1. The molecule has 0 fully saturated rings. The van der Waals surface area contributed by atoms with Gasteiger partial charge in [-0.2, -0.15) is 0 Å². The lowest BCUT2D eigenvalue weighted by Crippen LogP contribution is -2.47. The van der Waals surface area contributed by atoms with Crippen LogP contribution in [0.4, 0.5) is 5.69 Å². The summed E-state index contributed by atoms with van der Waals surface area (Å²) in [5, 5.41) is 2.28. The van der Waals surface area contributed by atoms with Gasteiger partial charge in [0.15, 0.2) is 0 Å². The van der Waals surface area contributed by atoms with Crippen LogP contribution >= 0.6 is 11.6 Å². The van der Waals surface area contributed by atoms with Crippen molar-refractivity contribution in [3.63, 3.8) is 0 Å². The highest BCUT2D eigenvalue weighted by Gasteiger charge is 2.27. The fourth-order valence-electron chi connectivity index (χ4n) is 1.93. The van der Waals surface area contributed by atoms with Gasteiger partial charge in [0.25, 0.3) is 0 Å². The number of rotatable bonds is 5. The quantitative estimate of drug-likeness (QED) is 0.901. The number of aliphatic imine (C=N–C) groups is 1. The van der Waals surface area contributed by atoms with Gasteiger partial charge in [0.2, 0.25) is 6.35 Å². The summed E-state index contributed by atoms with van der Waals surface area (Å²) >= 11 is 6.23. The molecule has 0 radical (unpaired) electrons. The van der Waals surface area contributed by atoms with Gasteiger partial charge in [-0.05, 0) is 24.6 Å². The molecule has 2 rings (SSSR count). The largest absolute Gasteiger partial charge is 0.497 e. The normalized spacial score (nSPS) is 18.0. The molecule has 1 aromatic rings. The van der Waals surface area contributed by atoms with Gasteiger partial charge in [0.1, 0.15) is 10.9 Å². The van der Waals surface area contributed by atoms with Crippen LogP contribution in [0.25, 0.3) is 0 Å². The molecule has 1 N–H and O–H groups in total. The molecule has 0 aromatic heterocycles. The highest BCUT2D eigenvalue weighted by atomic mass is 35.5. The van der Waals surface area contributed by atoms with Crippen LogP contribution in [-0.4, -0.2) is 32.3 Å². The van der Waals surface area contributed by atoms with Gasteiger partial charge in [-0.3, -0.25) is 5.01 Å². The molecule has 1 heterocycles. The summed E-state index contributed by atoms with van der Waals surface area (Å²) in [5.41, 5.74) is 4.83. The van der Waals surface area contributed by atoms with Gasteiger partial charge in [-0.1, -0.05) is 18.5 Å². The molecule has 0 spiro atoms. The Morgan fingerprint density at radius 1 is 1.47 bits per heavy atom. The summed E-state index contributed by atoms with van der Waals surface area (Å²) in [4.78, 5) is 4.36. The van der Waals surface area contributed by atoms with Crippen LogP contribution in [-0.2, 0) is 4.74 Å². The molecule has 19 heavy (non-hydrogen) atoms. The number of hydrazine groups is 1. The Hall–Kier alpha value is -1.30. The fraction of sp³-hybridized carbons (Fsp3) is 0.462. The van der Waals surface area contributed by atoms with Gasteiger partial charge in [0.05, 0.1) is 19.4 Å². The van der Waals surface area contributed by atoms with E-state index < -0.39 is 6.35 Å². The summed E-state index contributed by atoms with van der Waals surface area (Å²) < 4.78 is 10.9. The molecule has 0 bridgehead atoms. The first kappa shape index (κ1) is 14.1. The van der Waals surface area contributed by atoms with E-state index in [4.69, 9.17) is 21.1 Å². The lowest BCUT2D eigenvalue weighted by Gasteiger charge is -2.34. The van der Waals surface area contributed by atoms with Crippen molar-refractivity contribution in [2.24, 2.45) is 4.99 Å². The van der Waals surface area contributed by atoms with E-state index in [9.17, 15) is 0 Å². The molecular formula is C13H18ClN3O2. The van der Waals surface area contributed by atoms with Crippen molar-refractivity contribution in [1.29, 1.82) is 0 Å². The standard InChI is InChI=1S/C13H18ClN3O2/c1-4-7-19-13-16-12(14)10-8-9(18-3)5-6-11(10)17(13)15-2/h5-6,8,13,15H,4,7H2,1-3H3. The van der Waals surface area contributed by atoms with Gasteiger partial charge in [0, 0.05) is 12.6 Å². The number of anilines is 1. The second-order valence-electron chi connectivity index (χ2n) is 4.09. The zero-order valence-electron chi connectivity index (χ0n) is 11.3. The van der Waals surface area contributed by atoms with E-state index in [0.29, 0.717) is 11.8 Å². The number of hydrogen-bond acceptors (Lipinski definition) is 5. The van der Waals surface area contributed by atoms with Crippen molar-refractivity contribution >= 4 is 22.5 Å². The number of nitrogens with one attached hydrogen (secondary N) is 1. The van der Waals surface area contributed by atoms with Gasteiger partial charge < -0.3 is 9.47 Å². The average Bonchev–Trinajstić information content (AvgIpc) is 2.45. The Labute approximate surface area is 118 Å². The minimum atomic E-state index is -0.446. The van der Waals surface area contributed by atoms with Crippen LogP contribution in [0.2, 0.25) is 0 Å². The van der Waals surface area contributed by atoms with Crippen molar-refractivity contribution in [3.8, 4) is 5.75 Å². The van der Waals surface area contributed by atoms with E-state index in [0.717, 1.165) is 23.4 Å². The van der Waals surface area contributed by atoms with Gasteiger partial charge in [-0.15, -0.1) is 0 Å². The topological polar surface area (TPSA) is 46.1 Å². The Balaban J connectivity index is 2.36. The number of methoxy groups -OCH3 is 1. The van der Waals surface area contributed by atoms with Crippen LogP contribution in [0.1, 0.15) is 18.9 Å². The maximum Gasteiger partial charge on any atom is 0.243 e. The van der Waals surface area contributed by atoms with E-state index in [1.54, 1.807) is 7.11 Å². The smallest absolute Gasteiger partial charge is 0.243 e. The molecule has 1 aromatic carbocycles. The first-order valence-corrected chi connectivity index (χ1v) is 6.59. The molecule has 1 aliphatic rings. The maximum atomic E-state index is 6.23. The molecular weight excluding hydrogens is 266 g/mol. The summed E-state index contributed by atoms with van der Waals surface area (Å²) in [6.07, 6.45) is 0.481. The van der Waals surface area contributed by atoms with Crippen LogP contribution in [0.3, 0.4) is 0 Å². The monoisotopic (exact) mass is 283 g/mol. The average molecular weight is 284 g/mol. The molecule has 1 aliphatic heterocycles. The fourth-order valence-corrected chi connectivity index (χ4v) is 2.16. The van der Waals surface area contributed by atoms with E-state index in [-0.39, 0.29) is 0 Å². The summed E-state index contributed by atoms with van der Waals surface area (Å²) in [6.45, 7) is 2.68. The number of halogens is 1. The zero-order valence-corrected chi connectivity index (χ0v) is 12.1. The van der Waals surface area contributed by atoms with Crippen LogP contribution < -0.4 is 15.2 Å². The van der Waals surface area contributed by atoms with Crippen LogP contribution in [0.5, 0.6) is 5.75 Å². The molecule has 0 aliphatic carbocycles.